The first kappa shape index (κ1) is 15.0. The molecule has 4 saturated carbocycles. The Kier molecular flexibility index (Phi) is 2.91. The quantitative estimate of drug-likeness (QED) is 0.496. The molecule has 0 atom stereocenters. The van der Waals surface area contributed by atoms with Crippen molar-refractivity contribution in [3.05, 3.63) is 18.3 Å². The van der Waals surface area contributed by atoms with Crippen LogP contribution in [0, 0.1) is 39.9 Å². The molecule has 0 aromatic heterocycles. The molecule has 0 unspecified atom stereocenters. The Hall–Kier alpha value is -0.590. The van der Waals surface area contributed by atoms with E-state index in [0.29, 0.717) is 16.6 Å². The van der Waals surface area contributed by atoms with Crippen LogP contribution in [0.2, 0.25) is 0 Å². The Morgan fingerprint density at radius 3 is 1.77 bits per heavy atom. The van der Waals surface area contributed by atoms with Crippen LogP contribution in [-0.4, -0.2) is 5.11 Å². The third-order valence-electron chi connectivity index (χ3n) is 9.21. The number of aliphatic hydroxyl groups is 1. The smallest absolute Gasteiger partial charge is 0.274 e. The number of fused-ring (bicyclic) bond motifs is 4. The van der Waals surface area contributed by atoms with Gasteiger partial charge in [0.05, 0.1) is 23.3 Å². The molecule has 0 aromatic rings. The summed E-state index contributed by atoms with van der Waals surface area (Å²) in [6.45, 7) is 9.74. The second-order valence-electron chi connectivity index (χ2n) is 10.0. The molecule has 0 radical (unpaired) electrons. The summed E-state index contributed by atoms with van der Waals surface area (Å²) in [4.78, 5) is 0. The third kappa shape index (κ3) is 1.64. The number of hydrogen-bond donors (Lipinski definition) is 1. The SMILES string of the molecule is CC1(C)C2CCC1(C=C(O)[CH+]C13CCC(CC1)C3(C)C)CC2. The molecule has 4 fully saturated rings. The Labute approximate surface area is 136 Å². The van der Waals surface area contributed by atoms with E-state index in [2.05, 4.69) is 40.2 Å². The van der Waals surface area contributed by atoms with Gasteiger partial charge in [0.15, 0.2) is 0 Å². The highest BCUT2D eigenvalue weighted by Gasteiger charge is 2.64. The van der Waals surface area contributed by atoms with E-state index in [9.17, 15) is 5.11 Å². The number of hydrogen-bond acceptors (Lipinski definition) is 1. The van der Waals surface area contributed by atoms with Crippen molar-refractivity contribution in [1.82, 2.24) is 0 Å². The van der Waals surface area contributed by atoms with Crippen LogP contribution in [0.3, 0.4) is 0 Å². The molecule has 0 heterocycles. The Balaban J connectivity index is 1.59. The van der Waals surface area contributed by atoms with Crippen LogP contribution in [0.5, 0.6) is 0 Å². The second kappa shape index (κ2) is 4.28. The van der Waals surface area contributed by atoms with E-state index in [1.807, 2.05) is 0 Å². The molecule has 122 valence electrons. The molecule has 4 bridgehead atoms. The number of rotatable bonds is 3. The molecule has 1 N–H and O–H groups in total. The van der Waals surface area contributed by atoms with Gasteiger partial charge in [0.2, 0.25) is 0 Å². The van der Waals surface area contributed by atoms with Crippen molar-refractivity contribution >= 4 is 0 Å². The molecule has 1 nitrogen and oxygen atoms in total. The predicted octanol–water partition coefficient (Wildman–Crippen LogP) is 6.07. The second-order valence-corrected chi connectivity index (χ2v) is 10.0. The summed E-state index contributed by atoms with van der Waals surface area (Å²) in [7, 11) is 0. The van der Waals surface area contributed by atoms with Gasteiger partial charge in [0, 0.05) is 0 Å². The Morgan fingerprint density at radius 2 is 1.36 bits per heavy atom. The zero-order chi connectivity index (χ0) is 15.8. The lowest BCUT2D eigenvalue weighted by Gasteiger charge is -2.35. The Morgan fingerprint density at radius 1 is 0.864 bits per heavy atom. The van der Waals surface area contributed by atoms with E-state index in [1.165, 1.54) is 51.4 Å². The maximum absolute atomic E-state index is 10.9. The normalized spacial score (nSPS) is 48.1. The lowest BCUT2D eigenvalue weighted by atomic mass is 9.65. The van der Waals surface area contributed by atoms with Crippen molar-refractivity contribution in [2.75, 3.05) is 0 Å². The molecule has 4 aliphatic carbocycles. The molecule has 4 rings (SSSR count). The van der Waals surface area contributed by atoms with E-state index in [0.717, 1.165) is 11.8 Å². The summed E-state index contributed by atoms with van der Waals surface area (Å²) in [5.74, 6) is 2.34. The fourth-order valence-electron chi connectivity index (χ4n) is 7.08. The van der Waals surface area contributed by atoms with Crippen molar-refractivity contribution in [2.45, 2.75) is 79.1 Å². The van der Waals surface area contributed by atoms with Gasteiger partial charge in [-0.1, -0.05) is 27.7 Å². The molecule has 0 amide bonds. The highest BCUT2D eigenvalue weighted by Crippen LogP contribution is 2.69. The molecule has 1 heteroatoms. The number of aliphatic hydroxyl groups excluding tert-OH is 1. The van der Waals surface area contributed by atoms with Crippen LogP contribution in [-0.2, 0) is 0 Å². The molecule has 0 saturated heterocycles. The largest absolute Gasteiger partial charge is 0.478 e. The average Bonchev–Trinajstić information content (AvgIpc) is 3.01. The third-order valence-corrected chi connectivity index (χ3v) is 9.21. The molecule has 0 aromatic carbocycles. The zero-order valence-electron chi connectivity index (χ0n) is 14.9. The summed E-state index contributed by atoms with van der Waals surface area (Å²) >= 11 is 0. The molecular weight excluding hydrogens is 268 g/mol. The highest BCUT2D eigenvalue weighted by atomic mass is 16.3. The van der Waals surface area contributed by atoms with Crippen LogP contribution >= 0.6 is 0 Å². The summed E-state index contributed by atoms with van der Waals surface area (Å²) in [5.41, 5.74) is 1.26. The Bertz CT molecular complexity index is 494. The lowest BCUT2D eigenvalue weighted by Crippen LogP contribution is -2.32. The van der Waals surface area contributed by atoms with Crippen LogP contribution in [0.4, 0.5) is 0 Å². The monoisotopic (exact) mass is 301 g/mol. The van der Waals surface area contributed by atoms with Crippen molar-refractivity contribution in [1.29, 1.82) is 0 Å². The summed E-state index contributed by atoms with van der Waals surface area (Å²) in [5, 5.41) is 10.9. The first-order valence-electron chi connectivity index (χ1n) is 9.50. The van der Waals surface area contributed by atoms with Crippen molar-refractivity contribution in [3.8, 4) is 0 Å². The van der Waals surface area contributed by atoms with Gasteiger partial charge in [0.25, 0.3) is 5.76 Å². The maximum atomic E-state index is 10.9. The summed E-state index contributed by atoms with van der Waals surface area (Å²) in [6.07, 6.45) is 15.1. The predicted molar refractivity (Wildman–Crippen MR) is 91.4 cm³/mol. The van der Waals surface area contributed by atoms with Crippen LogP contribution in [0.25, 0.3) is 0 Å². The molecule has 4 aliphatic rings. The van der Waals surface area contributed by atoms with Gasteiger partial charge in [-0.3, -0.25) is 0 Å². The van der Waals surface area contributed by atoms with E-state index >= 15 is 0 Å². The fraction of sp³-hybridized carbons (Fsp3) is 0.857. The van der Waals surface area contributed by atoms with E-state index in [1.54, 1.807) is 0 Å². The van der Waals surface area contributed by atoms with Crippen LogP contribution < -0.4 is 0 Å². The maximum Gasteiger partial charge on any atom is 0.274 e. The van der Waals surface area contributed by atoms with E-state index < -0.39 is 0 Å². The molecule has 0 spiro atoms. The van der Waals surface area contributed by atoms with Crippen molar-refractivity contribution < 1.29 is 5.11 Å². The fourth-order valence-corrected chi connectivity index (χ4v) is 7.08. The van der Waals surface area contributed by atoms with E-state index in [-0.39, 0.29) is 10.8 Å². The van der Waals surface area contributed by atoms with Crippen molar-refractivity contribution in [2.24, 2.45) is 33.5 Å². The van der Waals surface area contributed by atoms with Gasteiger partial charge < -0.3 is 5.11 Å². The summed E-state index contributed by atoms with van der Waals surface area (Å²) in [6, 6.07) is 0. The van der Waals surface area contributed by atoms with Crippen LogP contribution in [0.1, 0.15) is 79.1 Å². The van der Waals surface area contributed by atoms with Gasteiger partial charge in [-0.15, -0.1) is 0 Å². The standard InChI is InChI=1S/C21H32O/c1-18(2)15-5-9-20(18,10-6-15)13-17(22)14-21-11-7-16(8-12-21)19(21,3)4/h13-16H,5-12H2,1-4H3/p+1. The van der Waals surface area contributed by atoms with Gasteiger partial charge in [-0.05, 0) is 74.0 Å². The van der Waals surface area contributed by atoms with E-state index in [4.69, 9.17) is 0 Å². The number of allylic oxidation sites excluding steroid dienone is 2. The van der Waals surface area contributed by atoms with Gasteiger partial charge in [-0.2, -0.15) is 0 Å². The molecule has 0 aliphatic heterocycles. The molecule has 22 heavy (non-hydrogen) atoms. The lowest BCUT2D eigenvalue weighted by molar-refractivity contribution is 0.153. The molecular formula is C21H33O+. The average molecular weight is 301 g/mol. The minimum absolute atomic E-state index is 0.260. The topological polar surface area (TPSA) is 20.2 Å². The summed E-state index contributed by atoms with van der Waals surface area (Å²) < 4.78 is 0. The van der Waals surface area contributed by atoms with Crippen molar-refractivity contribution in [3.63, 3.8) is 0 Å². The van der Waals surface area contributed by atoms with Gasteiger partial charge in [0.1, 0.15) is 0 Å². The minimum atomic E-state index is 0.260. The first-order valence-corrected chi connectivity index (χ1v) is 9.50. The van der Waals surface area contributed by atoms with Gasteiger partial charge in [-0.25, -0.2) is 0 Å². The van der Waals surface area contributed by atoms with Crippen LogP contribution in [0.15, 0.2) is 11.8 Å². The zero-order valence-corrected chi connectivity index (χ0v) is 14.9. The highest BCUT2D eigenvalue weighted by molar-refractivity contribution is 5.27. The first-order chi connectivity index (χ1) is 10.2. The minimum Gasteiger partial charge on any atom is -0.478 e. The van der Waals surface area contributed by atoms with Gasteiger partial charge >= 0.3 is 0 Å².